The van der Waals surface area contributed by atoms with Gasteiger partial charge in [-0.3, -0.25) is 4.79 Å². The Bertz CT molecular complexity index is 1210. The molecule has 1 unspecified atom stereocenters. The fourth-order valence-corrected chi connectivity index (χ4v) is 4.50. The number of carbonyl (C=O) groups is 1. The van der Waals surface area contributed by atoms with Crippen LogP contribution in [-0.2, 0) is 0 Å². The summed E-state index contributed by atoms with van der Waals surface area (Å²) >= 11 is 0. The number of aromatic nitrogens is 4. The molecule has 0 spiro atoms. The lowest BCUT2D eigenvalue weighted by atomic mass is 9.97. The van der Waals surface area contributed by atoms with Gasteiger partial charge >= 0.3 is 0 Å². The van der Waals surface area contributed by atoms with Crippen molar-refractivity contribution in [2.75, 3.05) is 13.1 Å². The van der Waals surface area contributed by atoms with Gasteiger partial charge in [0.2, 0.25) is 0 Å². The fourth-order valence-electron chi connectivity index (χ4n) is 4.50. The van der Waals surface area contributed by atoms with Gasteiger partial charge in [-0.1, -0.05) is 35.5 Å². The van der Waals surface area contributed by atoms with E-state index in [0.717, 1.165) is 54.7 Å². The Morgan fingerprint density at radius 3 is 2.58 bits per heavy atom. The Hall–Kier alpha value is -3.48. The molecule has 7 nitrogen and oxygen atoms in total. The zero-order chi connectivity index (χ0) is 20.8. The molecule has 1 saturated carbocycles. The Morgan fingerprint density at radius 2 is 1.77 bits per heavy atom. The molecule has 7 heteroatoms. The van der Waals surface area contributed by atoms with Crippen LogP contribution < -0.4 is 0 Å². The number of piperidine rings is 1. The van der Waals surface area contributed by atoms with Crippen LogP contribution >= 0.6 is 0 Å². The van der Waals surface area contributed by atoms with Crippen LogP contribution in [0, 0.1) is 0 Å². The predicted molar refractivity (Wildman–Crippen MR) is 115 cm³/mol. The predicted octanol–water partition coefficient (Wildman–Crippen LogP) is 4.31. The van der Waals surface area contributed by atoms with Crippen LogP contribution in [0.1, 0.15) is 59.6 Å². The molecule has 4 aromatic rings. The van der Waals surface area contributed by atoms with E-state index in [1.54, 1.807) is 0 Å². The number of para-hydroxylation sites is 3. The first kappa shape index (κ1) is 18.3. The van der Waals surface area contributed by atoms with Gasteiger partial charge in [0.05, 0.1) is 17.3 Å². The van der Waals surface area contributed by atoms with E-state index in [0.29, 0.717) is 24.0 Å². The maximum atomic E-state index is 13.5. The van der Waals surface area contributed by atoms with Crippen LogP contribution in [0.5, 0.6) is 0 Å². The highest BCUT2D eigenvalue weighted by molar-refractivity contribution is 5.94. The number of likely N-dealkylation sites (tertiary alicyclic amines) is 1. The van der Waals surface area contributed by atoms with Gasteiger partial charge < -0.3 is 9.32 Å². The number of amides is 1. The summed E-state index contributed by atoms with van der Waals surface area (Å²) in [4.78, 5) is 20.1. The van der Waals surface area contributed by atoms with Crippen LogP contribution in [0.25, 0.3) is 16.8 Å². The molecule has 0 bridgehead atoms. The van der Waals surface area contributed by atoms with Crippen LogP contribution in [0.3, 0.4) is 0 Å². The van der Waals surface area contributed by atoms with Crippen molar-refractivity contribution in [3.05, 3.63) is 71.9 Å². The van der Waals surface area contributed by atoms with E-state index in [4.69, 9.17) is 4.42 Å². The summed E-state index contributed by atoms with van der Waals surface area (Å²) in [5.41, 5.74) is 4.04. The average Bonchev–Trinajstić information content (AvgIpc) is 3.41. The van der Waals surface area contributed by atoms with Crippen molar-refractivity contribution in [2.24, 2.45) is 0 Å². The van der Waals surface area contributed by atoms with Crippen molar-refractivity contribution in [2.45, 2.75) is 37.5 Å². The van der Waals surface area contributed by atoms with E-state index in [-0.39, 0.29) is 11.8 Å². The lowest BCUT2D eigenvalue weighted by Gasteiger charge is -2.31. The first-order chi connectivity index (χ1) is 15.3. The van der Waals surface area contributed by atoms with Crippen LogP contribution in [0.2, 0.25) is 0 Å². The first-order valence-corrected chi connectivity index (χ1v) is 10.9. The van der Waals surface area contributed by atoms with E-state index >= 15 is 0 Å². The third-order valence-corrected chi connectivity index (χ3v) is 6.24. The molecule has 0 N–H and O–H groups in total. The number of carbonyl (C=O) groups excluding carboxylic acids is 1. The maximum Gasteiger partial charge on any atom is 0.276 e. The second-order valence-electron chi connectivity index (χ2n) is 8.46. The van der Waals surface area contributed by atoms with Crippen molar-refractivity contribution < 1.29 is 9.21 Å². The summed E-state index contributed by atoms with van der Waals surface area (Å²) in [7, 11) is 0. The molecule has 2 aromatic heterocycles. The number of nitrogens with zero attached hydrogens (tertiary/aromatic N) is 5. The molecule has 1 aliphatic carbocycles. The summed E-state index contributed by atoms with van der Waals surface area (Å²) in [5, 5.41) is 8.70. The molecule has 1 aliphatic heterocycles. The van der Waals surface area contributed by atoms with E-state index < -0.39 is 0 Å². The molecule has 2 fully saturated rings. The molecule has 156 valence electrons. The molecule has 0 radical (unpaired) electrons. The minimum atomic E-state index is -0.0371. The van der Waals surface area contributed by atoms with Gasteiger partial charge in [-0.05, 0) is 49.9 Å². The third-order valence-electron chi connectivity index (χ3n) is 6.24. The Kier molecular flexibility index (Phi) is 4.33. The van der Waals surface area contributed by atoms with Gasteiger partial charge in [0.15, 0.2) is 17.2 Å². The molecule has 31 heavy (non-hydrogen) atoms. The number of hydrogen-bond acceptors (Lipinski definition) is 5. The van der Waals surface area contributed by atoms with E-state index in [1.165, 1.54) is 0 Å². The van der Waals surface area contributed by atoms with Gasteiger partial charge in [0.1, 0.15) is 5.52 Å². The molecule has 1 atom stereocenters. The van der Waals surface area contributed by atoms with Gasteiger partial charge in [-0.2, -0.15) is 0 Å². The summed E-state index contributed by atoms with van der Waals surface area (Å²) in [6, 6.07) is 17.7. The van der Waals surface area contributed by atoms with Gasteiger partial charge in [0.25, 0.3) is 5.91 Å². The minimum Gasteiger partial charge on any atom is -0.440 e. The number of oxazole rings is 1. The molecular weight excluding hydrogens is 390 g/mol. The van der Waals surface area contributed by atoms with Gasteiger partial charge in [0, 0.05) is 19.0 Å². The molecular formula is C24H23N5O2. The third kappa shape index (κ3) is 3.30. The van der Waals surface area contributed by atoms with Crippen molar-refractivity contribution in [1.29, 1.82) is 0 Å². The number of rotatable bonds is 4. The van der Waals surface area contributed by atoms with E-state index in [2.05, 4.69) is 15.3 Å². The van der Waals surface area contributed by atoms with Crippen molar-refractivity contribution in [3.63, 3.8) is 0 Å². The molecule has 3 heterocycles. The second kappa shape index (κ2) is 7.34. The fraction of sp³-hybridized carbons (Fsp3) is 0.333. The highest BCUT2D eigenvalue weighted by Gasteiger charge is 2.37. The summed E-state index contributed by atoms with van der Waals surface area (Å²) in [6.07, 6.45) is 4.03. The lowest BCUT2D eigenvalue weighted by Crippen LogP contribution is -2.39. The highest BCUT2D eigenvalue weighted by atomic mass is 16.3. The topological polar surface area (TPSA) is 77.1 Å². The van der Waals surface area contributed by atoms with Gasteiger partial charge in [-0.15, -0.1) is 5.10 Å². The number of benzene rings is 2. The van der Waals surface area contributed by atoms with Crippen molar-refractivity contribution >= 4 is 17.0 Å². The average molecular weight is 413 g/mol. The largest absolute Gasteiger partial charge is 0.440 e. The smallest absolute Gasteiger partial charge is 0.276 e. The second-order valence-corrected chi connectivity index (χ2v) is 8.46. The molecule has 1 saturated heterocycles. The van der Waals surface area contributed by atoms with Crippen molar-refractivity contribution in [3.8, 4) is 5.69 Å². The summed E-state index contributed by atoms with van der Waals surface area (Å²) in [5.74, 6) is 1.13. The molecule has 2 aliphatic rings. The zero-order valence-electron chi connectivity index (χ0n) is 17.1. The minimum absolute atomic E-state index is 0.0371. The molecule has 1 amide bonds. The Labute approximate surface area is 179 Å². The first-order valence-electron chi connectivity index (χ1n) is 10.9. The Morgan fingerprint density at radius 1 is 0.968 bits per heavy atom. The maximum absolute atomic E-state index is 13.5. The summed E-state index contributed by atoms with van der Waals surface area (Å²) in [6.45, 7) is 1.31. The van der Waals surface area contributed by atoms with E-state index in [1.807, 2.05) is 64.2 Å². The molecule has 2 aromatic carbocycles. The number of hydrogen-bond donors (Lipinski definition) is 0. The van der Waals surface area contributed by atoms with Gasteiger partial charge in [-0.25, -0.2) is 9.67 Å². The number of fused-ring (bicyclic) bond motifs is 1. The van der Waals surface area contributed by atoms with E-state index in [9.17, 15) is 4.79 Å². The van der Waals surface area contributed by atoms with Crippen LogP contribution in [-0.4, -0.2) is 43.9 Å². The zero-order valence-corrected chi connectivity index (χ0v) is 17.1. The Balaban J connectivity index is 1.29. The van der Waals surface area contributed by atoms with Crippen LogP contribution in [0.4, 0.5) is 0 Å². The quantitative estimate of drug-likeness (QED) is 0.498. The van der Waals surface area contributed by atoms with Crippen LogP contribution in [0.15, 0.2) is 59.0 Å². The SMILES string of the molecule is O=C(c1nnn(-c2ccccc2)c1C1CC1)N1CCCC(c2nc3ccccc3o2)C1. The molecule has 6 rings (SSSR count). The normalized spacial score (nSPS) is 19.1. The van der Waals surface area contributed by atoms with Crippen molar-refractivity contribution in [1.82, 2.24) is 24.9 Å². The monoisotopic (exact) mass is 413 g/mol. The summed E-state index contributed by atoms with van der Waals surface area (Å²) < 4.78 is 7.83. The standard InChI is InChI=1S/C24H23N5O2/c30-24(21-22(16-12-13-16)29(27-26-21)18-8-2-1-3-9-18)28-14-6-7-17(15-28)23-25-19-10-4-5-11-20(19)31-23/h1-5,8-11,16-17H,6-7,12-15H2. The lowest BCUT2D eigenvalue weighted by molar-refractivity contribution is 0.0691. The highest BCUT2D eigenvalue weighted by Crippen LogP contribution is 2.42.